The molecule has 90 valence electrons. The van der Waals surface area contributed by atoms with Crippen molar-refractivity contribution in [2.45, 2.75) is 45.8 Å². The van der Waals surface area contributed by atoms with Gasteiger partial charge in [0.05, 0.1) is 12.2 Å². The molecule has 1 N–H and O–H groups in total. The molecular formula is C12H26N2O. The van der Waals surface area contributed by atoms with Gasteiger partial charge in [-0.25, -0.2) is 0 Å². The minimum Gasteiger partial charge on any atom is -0.374 e. The highest BCUT2D eigenvalue weighted by atomic mass is 16.5. The number of likely N-dealkylation sites (N-methyl/N-ethyl adjacent to an activating group) is 2. The van der Waals surface area contributed by atoms with Crippen LogP contribution < -0.4 is 5.32 Å². The van der Waals surface area contributed by atoms with E-state index in [1.807, 2.05) is 0 Å². The molecule has 0 saturated carbocycles. The van der Waals surface area contributed by atoms with Crippen LogP contribution in [0.1, 0.15) is 33.6 Å². The summed E-state index contributed by atoms with van der Waals surface area (Å²) in [6.07, 6.45) is 3.41. The predicted molar refractivity (Wildman–Crippen MR) is 64.2 cm³/mol. The average Bonchev–Trinajstić information content (AvgIpc) is 2.63. The van der Waals surface area contributed by atoms with E-state index in [1.165, 1.54) is 12.8 Å². The van der Waals surface area contributed by atoms with Crippen molar-refractivity contribution in [3.63, 3.8) is 0 Å². The molecular weight excluding hydrogens is 188 g/mol. The lowest BCUT2D eigenvalue weighted by Crippen LogP contribution is -2.37. The molecule has 1 heterocycles. The van der Waals surface area contributed by atoms with Crippen LogP contribution in [0.4, 0.5) is 0 Å². The number of rotatable bonds is 7. The topological polar surface area (TPSA) is 24.5 Å². The number of nitrogens with one attached hydrogen (secondary N) is 1. The van der Waals surface area contributed by atoms with E-state index in [1.54, 1.807) is 0 Å². The van der Waals surface area contributed by atoms with Crippen LogP contribution in [0, 0.1) is 0 Å². The molecule has 0 spiro atoms. The van der Waals surface area contributed by atoms with Gasteiger partial charge in [-0.1, -0.05) is 13.8 Å². The summed E-state index contributed by atoms with van der Waals surface area (Å²) in [6, 6.07) is 0. The van der Waals surface area contributed by atoms with E-state index in [0.717, 1.165) is 32.7 Å². The lowest BCUT2D eigenvalue weighted by molar-refractivity contribution is 0.0327. The first-order valence-corrected chi connectivity index (χ1v) is 6.34. The normalized spacial score (nSPS) is 26.4. The Balaban J connectivity index is 2.15. The van der Waals surface area contributed by atoms with E-state index in [0.29, 0.717) is 12.2 Å². The summed E-state index contributed by atoms with van der Waals surface area (Å²) in [4.78, 5) is 2.48. The molecule has 0 aliphatic carbocycles. The summed E-state index contributed by atoms with van der Waals surface area (Å²) in [7, 11) is 0. The molecule has 2 atom stereocenters. The van der Waals surface area contributed by atoms with Crippen LogP contribution >= 0.6 is 0 Å². The van der Waals surface area contributed by atoms with E-state index in [-0.39, 0.29) is 0 Å². The van der Waals surface area contributed by atoms with Crippen LogP contribution in [0.2, 0.25) is 0 Å². The van der Waals surface area contributed by atoms with Crippen molar-refractivity contribution in [1.29, 1.82) is 0 Å². The van der Waals surface area contributed by atoms with Crippen molar-refractivity contribution < 1.29 is 4.74 Å². The number of hydrogen-bond acceptors (Lipinski definition) is 3. The summed E-state index contributed by atoms with van der Waals surface area (Å²) in [5.74, 6) is 0. The quantitative estimate of drug-likeness (QED) is 0.650. The molecule has 3 heteroatoms. The Labute approximate surface area is 94.2 Å². The van der Waals surface area contributed by atoms with Gasteiger partial charge in [0.2, 0.25) is 0 Å². The van der Waals surface area contributed by atoms with Gasteiger partial charge in [0, 0.05) is 19.6 Å². The third-order valence-electron chi connectivity index (χ3n) is 3.08. The number of hydrogen-bond donors (Lipinski definition) is 1. The van der Waals surface area contributed by atoms with Gasteiger partial charge in [-0.15, -0.1) is 0 Å². The molecule has 1 fully saturated rings. The number of nitrogens with zero attached hydrogens (tertiary/aromatic N) is 1. The highest BCUT2D eigenvalue weighted by Crippen LogP contribution is 2.19. The predicted octanol–water partition coefficient (Wildman–Crippen LogP) is 1.49. The molecule has 3 nitrogen and oxygen atoms in total. The van der Waals surface area contributed by atoms with Gasteiger partial charge >= 0.3 is 0 Å². The van der Waals surface area contributed by atoms with Crippen LogP contribution in [0.25, 0.3) is 0 Å². The second-order valence-electron chi connectivity index (χ2n) is 4.39. The van der Waals surface area contributed by atoms with Gasteiger partial charge in [-0.05, 0) is 32.9 Å². The zero-order chi connectivity index (χ0) is 11.1. The first-order chi connectivity index (χ1) is 7.26. The highest BCUT2D eigenvalue weighted by Gasteiger charge is 2.23. The fraction of sp³-hybridized carbons (Fsp3) is 1.00. The van der Waals surface area contributed by atoms with Crippen LogP contribution in [-0.2, 0) is 4.74 Å². The maximum Gasteiger partial charge on any atom is 0.0706 e. The van der Waals surface area contributed by atoms with Crippen molar-refractivity contribution >= 4 is 0 Å². The summed E-state index contributed by atoms with van der Waals surface area (Å²) in [5.41, 5.74) is 0. The largest absolute Gasteiger partial charge is 0.374 e. The molecule has 1 aliphatic rings. The van der Waals surface area contributed by atoms with E-state index >= 15 is 0 Å². The van der Waals surface area contributed by atoms with E-state index in [2.05, 4.69) is 31.0 Å². The Hall–Kier alpha value is -0.120. The van der Waals surface area contributed by atoms with Gasteiger partial charge in [0.25, 0.3) is 0 Å². The maximum atomic E-state index is 5.84. The first kappa shape index (κ1) is 12.9. The minimum absolute atomic E-state index is 0.474. The van der Waals surface area contributed by atoms with Crippen LogP contribution in [0.3, 0.4) is 0 Å². The van der Waals surface area contributed by atoms with E-state index in [4.69, 9.17) is 4.74 Å². The van der Waals surface area contributed by atoms with Crippen LogP contribution in [0.5, 0.6) is 0 Å². The van der Waals surface area contributed by atoms with Crippen molar-refractivity contribution in [3.05, 3.63) is 0 Å². The van der Waals surface area contributed by atoms with Gasteiger partial charge < -0.3 is 10.1 Å². The minimum atomic E-state index is 0.474. The second kappa shape index (κ2) is 7.20. The Morgan fingerprint density at radius 2 is 2.13 bits per heavy atom. The van der Waals surface area contributed by atoms with Gasteiger partial charge in [0.15, 0.2) is 0 Å². The van der Waals surface area contributed by atoms with Crippen LogP contribution in [0.15, 0.2) is 0 Å². The molecule has 0 aromatic heterocycles. The van der Waals surface area contributed by atoms with Crippen molar-refractivity contribution in [1.82, 2.24) is 10.2 Å². The molecule has 1 saturated heterocycles. The second-order valence-corrected chi connectivity index (χ2v) is 4.39. The van der Waals surface area contributed by atoms with Crippen molar-refractivity contribution in [2.24, 2.45) is 0 Å². The molecule has 0 bridgehead atoms. The summed E-state index contributed by atoms with van der Waals surface area (Å²) < 4.78 is 5.84. The smallest absolute Gasteiger partial charge is 0.0706 e. The lowest BCUT2D eigenvalue weighted by Gasteiger charge is -2.24. The maximum absolute atomic E-state index is 5.84. The highest BCUT2D eigenvalue weighted by molar-refractivity contribution is 4.74. The molecule has 2 unspecified atom stereocenters. The van der Waals surface area contributed by atoms with Crippen LogP contribution in [-0.4, -0.2) is 49.8 Å². The van der Waals surface area contributed by atoms with E-state index in [9.17, 15) is 0 Å². The summed E-state index contributed by atoms with van der Waals surface area (Å²) in [5, 5.41) is 3.36. The third-order valence-corrected chi connectivity index (χ3v) is 3.08. The molecule has 1 aliphatic heterocycles. The first-order valence-electron chi connectivity index (χ1n) is 6.34. The standard InChI is InChI=1S/C12H26N2O/c1-4-13-8-9-14(5-2)10-12-7-6-11(3)15-12/h11-13H,4-10H2,1-3H3. The fourth-order valence-corrected chi connectivity index (χ4v) is 2.10. The summed E-state index contributed by atoms with van der Waals surface area (Å²) in [6.45, 7) is 12.1. The summed E-state index contributed by atoms with van der Waals surface area (Å²) >= 11 is 0. The Morgan fingerprint density at radius 1 is 1.33 bits per heavy atom. The zero-order valence-corrected chi connectivity index (χ0v) is 10.5. The Kier molecular flexibility index (Phi) is 6.22. The van der Waals surface area contributed by atoms with E-state index < -0.39 is 0 Å². The molecule has 0 radical (unpaired) electrons. The monoisotopic (exact) mass is 214 g/mol. The molecule has 0 aromatic rings. The lowest BCUT2D eigenvalue weighted by atomic mass is 10.2. The Morgan fingerprint density at radius 3 is 2.67 bits per heavy atom. The molecule has 1 rings (SSSR count). The third kappa shape index (κ3) is 4.96. The number of ether oxygens (including phenoxy) is 1. The van der Waals surface area contributed by atoms with Crippen molar-refractivity contribution in [3.8, 4) is 0 Å². The Bertz CT molecular complexity index is 164. The van der Waals surface area contributed by atoms with Gasteiger partial charge in [-0.3, -0.25) is 4.90 Å². The fourth-order valence-electron chi connectivity index (χ4n) is 2.10. The SMILES string of the molecule is CCNCCN(CC)CC1CCC(C)O1. The molecule has 0 amide bonds. The van der Waals surface area contributed by atoms with Gasteiger partial charge in [0.1, 0.15) is 0 Å². The molecule has 0 aromatic carbocycles. The van der Waals surface area contributed by atoms with Crippen molar-refractivity contribution in [2.75, 3.05) is 32.7 Å². The zero-order valence-electron chi connectivity index (χ0n) is 10.5. The molecule has 15 heavy (non-hydrogen) atoms. The van der Waals surface area contributed by atoms with Gasteiger partial charge in [-0.2, -0.15) is 0 Å². The average molecular weight is 214 g/mol.